The van der Waals surface area contributed by atoms with Crippen molar-refractivity contribution in [2.45, 2.75) is 6.92 Å². The van der Waals surface area contributed by atoms with Crippen LogP contribution in [0.2, 0.25) is 0 Å². The third-order valence-electron chi connectivity index (χ3n) is 2.36. The number of hydrogen-bond donors (Lipinski definition) is 1. The van der Waals surface area contributed by atoms with Crippen molar-refractivity contribution in [3.63, 3.8) is 0 Å². The Morgan fingerprint density at radius 1 is 1.33 bits per heavy atom. The summed E-state index contributed by atoms with van der Waals surface area (Å²) in [6.07, 6.45) is 0. The molecule has 0 atom stereocenters. The standard InChI is InChI=1S/C10H14N2O2.ClH/c1-8-6-9(7-10(13)14-8)12-4-2-11-3-5-12;/h6-7,11H,2-5H2,1H3;1H. The number of halogens is 1. The van der Waals surface area contributed by atoms with E-state index in [2.05, 4.69) is 10.2 Å². The summed E-state index contributed by atoms with van der Waals surface area (Å²) in [7, 11) is 0. The molecule has 0 bridgehead atoms. The Labute approximate surface area is 94.7 Å². The van der Waals surface area contributed by atoms with Crippen molar-refractivity contribution in [1.82, 2.24) is 5.32 Å². The van der Waals surface area contributed by atoms with Gasteiger partial charge in [-0.05, 0) is 13.0 Å². The summed E-state index contributed by atoms with van der Waals surface area (Å²) in [4.78, 5) is 13.3. The van der Waals surface area contributed by atoms with Gasteiger partial charge in [0.2, 0.25) is 0 Å². The fourth-order valence-electron chi connectivity index (χ4n) is 1.69. The molecule has 2 heterocycles. The minimum atomic E-state index is -0.265. The van der Waals surface area contributed by atoms with Gasteiger partial charge >= 0.3 is 5.63 Å². The lowest BCUT2D eigenvalue weighted by molar-refractivity contribution is 0.478. The molecule has 0 aliphatic carbocycles. The van der Waals surface area contributed by atoms with Crippen molar-refractivity contribution < 1.29 is 4.42 Å². The van der Waals surface area contributed by atoms with Crippen LogP contribution in [0.25, 0.3) is 0 Å². The van der Waals surface area contributed by atoms with Crippen molar-refractivity contribution in [3.8, 4) is 0 Å². The Hall–Kier alpha value is -1.00. The number of hydrogen-bond acceptors (Lipinski definition) is 4. The summed E-state index contributed by atoms with van der Waals surface area (Å²) < 4.78 is 4.91. The molecule has 0 radical (unpaired) electrons. The molecule has 1 aromatic rings. The second-order valence-corrected chi connectivity index (χ2v) is 3.48. The van der Waals surface area contributed by atoms with Crippen LogP contribution in [0.4, 0.5) is 5.69 Å². The van der Waals surface area contributed by atoms with E-state index >= 15 is 0 Å². The first kappa shape index (κ1) is 12.1. The predicted molar refractivity (Wildman–Crippen MR) is 62.0 cm³/mol. The molecule has 1 fully saturated rings. The Balaban J connectivity index is 0.00000112. The number of nitrogens with zero attached hydrogens (tertiary/aromatic N) is 1. The van der Waals surface area contributed by atoms with E-state index in [4.69, 9.17) is 4.42 Å². The van der Waals surface area contributed by atoms with E-state index in [1.807, 2.05) is 6.07 Å². The highest BCUT2D eigenvalue weighted by molar-refractivity contribution is 5.85. The van der Waals surface area contributed by atoms with Gasteiger partial charge in [-0.3, -0.25) is 0 Å². The lowest BCUT2D eigenvalue weighted by Crippen LogP contribution is -2.43. The molecular formula is C10H15ClN2O2. The number of anilines is 1. The molecule has 84 valence electrons. The highest BCUT2D eigenvalue weighted by Gasteiger charge is 2.11. The van der Waals surface area contributed by atoms with E-state index in [1.54, 1.807) is 13.0 Å². The van der Waals surface area contributed by atoms with Crippen molar-refractivity contribution in [1.29, 1.82) is 0 Å². The van der Waals surface area contributed by atoms with E-state index in [9.17, 15) is 4.79 Å². The molecule has 2 rings (SSSR count). The quantitative estimate of drug-likeness (QED) is 0.775. The third kappa shape index (κ3) is 2.97. The van der Waals surface area contributed by atoms with E-state index in [0.717, 1.165) is 31.9 Å². The topological polar surface area (TPSA) is 45.5 Å². The second kappa shape index (κ2) is 5.19. The largest absolute Gasteiger partial charge is 0.428 e. The monoisotopic (exact) mass is 230 g/mol. The highest BCUT2D eigenvalue weighted by Crippen LogP contribution is 2.13. The van der Waals surface area contributed by atoms with E-state index < -0.39 is 0 Å². The average Bonchev–Trinajstić information content (AvgIpc) is 2.18. The number of rotatable bonds is 1. The first-order valence-corrected chi connectivity index (χ1v) is 4.83. The van der Waals surface area contributed by atoms with Gasteiger partial charge in [-0.2, -0.15) is 0 Å². The van der Waals surface area contributed by atoms with Gasteiger partial charge in [0, 0.05) is 37.9 Å². The smallest absolute Gasteiger partial charge is 0.337 e. The molecule has 1 N–H and O–H groups in total. The van der Waals surface area contributed by atoms with Crippen LogP contribution in [-0.4, -0.2) is 26.2 Å². The highest BCUT2D eigenvalue weighted by atomic mass is 35.5. The zero-order valence-electron chi connectivity index (χ0n) is 8.66. The fraction of sp³-hybridized carbons (Fsp3) is 0.500. The number of nitrogens with one attached hydrogen (secondary N) is 1. The van der Waals surface area contributed by atoms with E-state index in [0.29, 0.717) is 5.76 Å². The van der Waals surface area contributed by atoms with Gasteiger partial charge in [0.15, 0.2) is 0 Å². The molecule has 0 unspecified atom stereocenters. The van der Waals surface area contributed by atoms with Crippen LogP contribution in [0.3, 0.4) is 0 Å². The maximum absolute atomic E-state index is 11.1. The molecule has 0 amide bonds. The summed E-state index contributed by atoms with van der Waals surface area (Å²) in [6.45, 7) is 5.64. The van der Waals surface area contributed by atoms with Crippen LogP contribution in [-0.2, 0) is 0 Å². The van der Waals surface area contributed by atoms with Gasteiger partial charge in [0.05, 0.1) is 0 Å². The second-order valence-electron chi connectivity index (χ2n) is 3.48. The van der Waals surface area contributed by atoms with Crippen molar-refractivity contribution in [2.24, 2.45) is 0 Å². The Morgan fingerprint density at radius 3 is 2.60 bits per heavy atom. The SMILES string of the molecule is Cc1cc(N2CCNCC2)cc(=O)o1.Cl. The normalized spacial score (nSPS) is 15.9. The van der Waals surface area contributed by atoms with Crippen molar-refractivity contribution in [2.75, 3.05) is 31.1 Å². The zero-order valence-corrected chi connectivity index (χ0v) is 9.47. The molecule has 15 heavy (non-hydrogen) atoms. The summed E-state index contributed by atoms with van der Waals surface area (Å²) in [5, 5.41) is 3.27. The lowest BCUT2D eigenvalue weighted by Gasteiger charge is -2.29. The first-order chi connectivity index (χ1) is 6.75. The van der Waals surface area contributed by atoms with E-state index in [-0.39, 0.29) is 18.0 Å². The van der Waals surface area contributed by atoms with Gasteiger partial charge in [-0.25, -0.2) is 4.79 Å². The summed E-state index contributed by atoms with van der Waals surface area (Å²) in [6, 6.07) is 3.46. The summed E-state index contributed by atoms with van der Waals surface area (Å²) in [5.41, 5.74) is 0.707. The molecule has 0 spiro atoms. The number of piperazine rings is 1. The average molecular weight is 231 g/mol. The summed E-state index contributed by atoms with van der Waals surface area (Å²) >= 11 is 0. The predicted octanol–water partition coefficient (Wildman–Crippen LogP) is 0.780. The Bertz CT molecular complexity index is 372. The minimum absolute atomic E-state index is 0. The maximum Gasteiger partial charge on any atom is 0.337 e. The van der Waals surface area contributed by atoms with Crippen LogP contribution in [0.5, 0.6) is 0 Å². The van der Waals surface area contributed by atoms with E-state index in [1.165, 1.54) is 0 Å². The zero-order chi connectivity index (χ0) is 9.97. The lowest BCUT2D eigenvalue weighted by atomic mass is 10.3. The molecule has 1 aliphatic rings. The van der Waals surface area contributed by atoms with Gasteiger partial charge in [-0.15, -0.1) is 12.4 Å². The molecule has 1 aromatic heterocycles. The molecule has 0 saturated carbocycles. The summed E-state index contributed by atoms with van der Waals surface area (Å²) in [5.74, 6) is 0.672. The van der Waals surface area contributed by atoms with Crippen molar-refractivity contribution in [3.05, 3.63) is 28.3 Å². The van der Waals surface area contributed by atoms with Gasteiger partial charge in [0.25, 0.3) is 0 Å². The Morgan fingerprint density at radius 2 is 2.00 bits per heavy atom. The Kier molecular flexibility index (Phi) is 4.17. The van der Waals surface area contributed by atoms with Crippen molar-refractivity contribution >= 4 is 18.1 Å². The molecule has 4 nitrogen and oxygen atoms in total. The number of aryl methyl sites for hydroxylation is 1. The first-order valence-electron chi connectivity index (χ1n) is 4.83. The molecular weight excluding hydrogens is 216 g/mol. The molecule has 1 saturated heterocycles. The fourth-order valence-corrected chi connectivity index (χ4v) is 1.69. The third-order valence-corrected chi connectivity index (χ3v) is 2.36. The van der Waals surface area contributed by atoms with Crippen LogP contribution < -0.4 is 15.8 Å². The van der Waals surface area contributed by atoms with Gasteiger partial charge < -0.3 is 14.6 Å². The van der Waals surface area contributed by atoms with Crippen LogP contribution in [0.15, 0.2) is 21.3 Å². The van der Waals surface area contributed by atoms with Gasteiger partial charge in [0.1, 0.15) is 5.76 Å². The molecule has 1 aliphatic heterocycles. The van der Waals surface area contributed by atoms with Crippen LogP contribution in [0.1, 0.15) is 5.76 Å². The van der Waals surface area contributed by atoms with Crippen LogP contribution >= 0.6 is 12.4 Å². The van der Waals surface area contributed by atoms with Gasteiger partial charge in [-0.1, -0.05) is 0 Å². The molecule has 5 heteroatoms. The minimum Gasteiger partial charge on any atom is -0.428 e. The van der Waals surface area contributed by atoms with Crippen LogP contribution in [0, 0.1) is 6.92 Å². The molecule has 0 aromatic carbocycles. The maximum atomic E-state index is 11.1.